The maximum absolute atomic E-state index is 11.1. The summed E-state index contributed by atoms with van der Waals surface area (Å²) in [6, 6.07) is 18.0. The molecule has 4 N–H and O–H groups in total. The van der Waals surface area contributed by atoms with Gasteiger partial charge in [0, 0.05) is 37.5 Å². The number of benzene rings is 1. The number of rotatable bonds is 5. The minimum atomic E-state index is -1.14. The molecule has 2 heterocycles. The van der Waals surface area contributed by atoms with E-state index in [-0.39, 0.29) is 46.7 Å². The van der Waals surface area contributed by atoms with Crippen LogP contribution in [0, 0.1) is 0 Å². The minimum absolute atomic E-state index is 0. The number of carboxylic acids is 1. The van der Waals surface area contributed by atoms with Crippen LogP contribution < -0.4 is 10.2 Å². The van der Waals surface area contributed by atoms with Crippen LogP contribution in [0.4, 0.5) is 0 Å². The number of aromatic nitrogens is 2. The molecule has 0 saturated carbocycles. The zero-order valence-electron chi connectivity index (χ0n) is 15.3. The number of carbonyl (C=O) groups excluding carboxylic acids is 1. The zero-order valence-corrected chi connectivity index (χ0v) is 16.2. The Balaban J connectivity index is 0. The standard InChI is InChI=1S/C10H8N2.C10H11NO3.Cu.2H2O/c1-3-7-11-9(5-1)10-6-2-4-8-12-10;12-9-4-2-1-3-8(9)7-11-6-5-10(13)14;;;/h1-8H;1-4,7,12H,5-6H2,(H,13,14);;2*1H2/q;;+2;;/p-2. The maximum Gasteiger partial charge on any atom is 2.00 e. The first-order chi connectivity index (χ1) is 12.7. The monoisotopic (exact) mass is 446 g/mol. The van der Waals surface area contributed by atoms with Gasteiger partial charge in [-0.25, -0.2) is 0 Å². The summed E-state index contributed by atoms with van der Waals surface area (Å²) >= 11 is 0. The van der Waals surface area contributed by atoms with E-state index in [1.165, 1.54) is 12.3 Å². The van der Waals surface area contributed by atoms with Crippen LogP contribution in [-0.2, 0) is 21.9 Å². The van der Waals surface area contributed by atoms with Crippen LogP contribution in [0.25, 0.3) is 11.4 Å². The van der Waals surface area contributed by atoms with Gasteiger partial charge in [0.2, 0.25) is 0 Å². The zero-order chi connectivity index (χ0) is 18.6. The molecule has 9 heteroatoms. The van der Waals surface area contributed by atoms with E-state index in [9.17, 15) is 15.0 Å². The van der Waals surface area contributed by atoms with Crippen LogP contribution in [0.3, 0.4) is 0 Å². The first-order valence-corrected chi connectivity index (χ1v) is 7.95. The van der Waals surface area contributed by atoms with Crippen molar-refractivity contribution in [2.75, 3.05) is 6.54 Å². The molecule has 0 aliphatic heterocycles. The number of carboxylic acid groups (broad SMARTS) is 1. The smallest absolute Gasteiger partial charge is 0.872 e. The number of nitrogens with zero attached hydrogens (tertiary/aromatic N) is 3. The largest absolute Gasteiger partial charge is 2.00 e. The van der Waals surface area contributed by atoms with E-state index in [0.29, 0.717) is 5.56 Å². The van der Waals surface area contributed by atoms with Crippen molar-refractivity contribution in [3.8, 4) is 17.1 Å². The molecule has 29 heavy (non-hydrogen) atoms. The molecule has 1 aromatic carbocycles. The van der Waals surface area contributed by atoms with Gasteiger partial charge < -0.3 is 26.0 Å². The first-order valence-electron chi connectivity index (χ1n) is 7.95. The van der Waals surface area contributed by atoms with Crippen LogP contribution in [-0.4, -0.2) is 39.6 Å². The second-order valence-electron chi connectivity index (χ2n) is 5.13. The number of hydrogen-bond acceptors (Lipinski definition) is 6. The number of para-hydroxylation sites is 1. The summed E-state index contributed by atoms with van der Waals surface area (Å²) in [6.07, 6.45) is 4.79. The topological polar surface area (TPSA) is 164 Å². The molecule has 0 spiro atoms. The van der Waals surface area contributed by atoms with Gasteiger partial charge in [-0.2, -0.15) is 0 Å². The minimum Gasteiger partial charge on any atom is -0.872 e. The van der Waals surface area contributed by atoms with Crippen molar-refractivity contribution in [3.63, 3.8) is 0 Å². The van der Waals surface area contributed by atoms with Crippen molar-refractivity contribution in [1.29, 1.82) is 0 Å². The molecule has 0 aliphatic rings. The third-order valence-electron chi connectivity index (χ3n) is 3.19. The molecule has 2 aromatic heterocycles. The maximum atomic E-state index is 11.1. The molecular weight excluding hydrogens is 426 g/mol. The van der Waals surface area contributed by atoms with Gasteiger partial charge in [-0.1, -0.05) is 36.4 Å². The third kappa shape index (κ3) is 10.7. The molecule has 157 valence electrons. The quantitative estimate of drug-likeness (QED) is 0.390. The van der Waals surface area contributed by atoms with Gasteiger partial charge in [0.05, 0.1) is 11.4 Å². The van der Waals surface area contributed by atoms with Crippen LogP contribution in [0.2, 0.25) is 0 Å². The van der Waals surface area contributed by atoms with Gasteiger partial charge in [-0.3, -0.25) is 15.0 Å². The first kappa shape index (κ1) is 28.1. The molecular formula is C20H21CuN3O5. The van der Waals surface area contributed by atoms with Gasteiger partial charge in [0.15, 0.2) is 0 Å². The van der Waals surface area contributed by atoms with Gasteiger partial charge in [-0.15, -0.1) is 5.75 Å². The van der Waals surface area contributed by atoms with Crippen molar-refractivity contribution >= 4 is 12.2 Å². The Labute approximate surface area is 179 Å². The number of pyridine rings is 2. The fourth-order valence-electron chi connectivity index (χ4n) is 1.93. The molecule has 0 fully saturated rings. The average molecular weight is 447 g/mol. The summed E-state index contributed by atoms with van der Waals surface area (Å²) in [5.74, 6) is -1.26. The van der Waals surface area contributed by atoms with Crippen molar-refractivity contribution in [2.45, 2.75) is 6.42 Å². The van der Waals surface area contributed by atoms with E-state index in [2.05, 4.69) is 15.0 Å². The van der Waals surface area contributed by atoms with Crippen LogP contribution in [0.1, 0.15) is 12.0 Å². The van der Waals surface area contributed by atoms with E-state index in [4.69, 9.17) is 0 Å². The predicted octanol–water partition coefficient (Wildman–Crippen LogP) is -0.189. The Bertz CT molecular complexity index is 812. The number of aliphatic carboxylic acids is 1. The van der Waals surface area contributed by atoms with Crippen molar-refractivity contribution < 1.29 is 43.0 Å². The van der Waals surface area contributed by atoms with E-state index in [0.717, 1.165) is 11.4 Å². The van der Waals surface area contributed by atoms with E-state index >= 15 is 0 Å². The summed E-state index contributed by atoms with van der Waals surface area (Å²) in [7, 11) is 0. The predicted molar refractivity (Wildman–Crippen MR) is 103 cm³/mol. The molecule has 0 aliphatic carbocycles. The summed E-state index contributed by atoms with van der Waals surface area (Å²) in [4.78, 5) is 22.2. The molecule has 0 bridgehead atoms. The number of hydrogen-bond donors (Lipinski definition) is 0. The molecule has 0 amide bonds. The summed E-state index contributed by atoms with van der Waals surface area (Å²) in [6.45, 7) is 0.136. The van der Waals surface area contributed by atoms with Gasteiger partial charge in [0.1, 0.15) is 0 Å². The van der Waals surface area contributed by atoms with Crippen LogP contribution in [0.5, 0.6) is 5.75 Å². The Hall–Kier alpha value is -3.10. The fourth-order valence-corrected chi connectivity index (χ4v) is 1.93. The average Bonchev–Trinajstić information content (AvgIpc) is 2.68. The fraction of sp³-hybridized carbons (Fsp3) is 0.100. The van der Waals surface area contributed by atoms with E-state index in [1.54, 1.807) is 30.6 Å². The summed E-state index contributed by atoms with van der Waals surface area (Å²) in [5, 5.41) is 21.2. The second-order valence-corrected chi connectivity index (χ2v) is 5.13. The van der Waals surface area contributed by atoms with Gasteiger partial charge in [-0.05, 0) is 29.8 Å². The molecule has 3 rings (SSSR count). The second kappa shape index (κ2) is 15.9. The number of carbonyl (C=O) groups is 1. The Morgan fingerprint density at radius 1 is 0.897 bits per heavy atom. The molecule has 0 saturated heterocycles. The SMILES string of the molecule is O.O.O=C([O-])CCN=Cc1ccccc1[O-].[Cu+2].c1ccc(-c2ccccn2)nc1. The number of aliphatic imine (C=N–C) groups is 1. The summed E-state index contributed by atoms with van der Waals surface area (Å²) in [5.41, 5.74) is 2.29. The van der Waals surface area contributed by atoms with Crippen molar-refractivity contribution in [3.05, 3.63) is 78.6 Å². The van der Waals surface area contributed by atoms with Crippen molar-refractivity contribution in [1.82, 2.24) is 9.97 Å². The van der Waals surface area contributed by atoms with Crippen LogP contribution in [0.15, 0.2) is 78.0 Å². The van der Waals surface area contributed by atoms with Gasteiger partial charge in [0.25, 0.3) is 0 Å². The Morgan fingerprint density at radius 3 is 1.86 bits per heavy atom. The van der Waals surface area contributed by atoms with Gasteiger partial charge >= 0.3 is 17.1 Å². The van der Waals surface area contributed by atoms with E-state index in [1.807, 2.05) is 36.4 Å². The summed E-state index contributed by atoms with van der Waals surface area (Å²) < 4.78 is 0. The molecule has 0 unspecified atom stereocenters. The molecule has 0 atom stereocenters. The molecule has 8 nitrogen and oxygen atoms in total. The van der Waals surface area contributed by atoms with Crippen molar-refractivity contribution in [2.24, 2.45) is 4.99 Å². The molecule has 3 aromatic rings. The van der Waals surface area contributed by atoms with Crippen LogP contribution >= 0.6 is 0 Å². The molecule has 1 radical (unpaired) electrons. The Kier molecular flexibility index (Phi) is 15.4. The normalized spacial score (nSPS) is 9.10. The Morgan fingerprint density at radius 2 is 1.41 bits per heavy atom. The van der Waals surface area contributed by atoms with E-state index < -0.39 is 5.97 Å². The third-order valence-corrected chi connectivity index (χ3v) is 3.19.